The lowest BCUT2D eigenvalue weighted by Crippen LogP contribution is -2.47. The van der Waals surface area contributed by atoms with Crippen LogP contribution in [-0.4, -0.2) is 23.4 Å². The van der Waals surface area contributed by atoms with Gasteiger partial charge >= 0.3 is 0 Å². The lowest BCUT2D eigenvalue weighted by atomic mass is 9.88. The minimum atomic E-state index is -0.455. The molecule has 114 valence electrons. The molecule has 2 aromatic rings. The molecule has 0 spiro atoms. The standard InChI is InChI=1S/C19H22N2O/c1-14(20)19(22)21-12-11-16-9-5-6-10-17(16)18(21)13-15-7-3-2-4-8-15/h2-10,14,18H,11-13,20H2,1H3/t14-,18?/m1/s1. The number of amides is 1. The van der Waals surface area contributed by atoms with Crippen molar-refractivity contribution in [3.05, 3.63) is 71.3 Å². The summed E-state index contributed by atoms with van der Waals surface area (Å²) < 4.78 is 0. The molecule has 1 heterocycles. The van der Waals surface area contributed by atoms with Crippen molar-refractivity contribution in [3.8, 4) is 0 Å². The van der Waals surface area contributed by atoms with Crippen molar-refractivity contribution in [3.63, 3.8) is 0 Å². The summed E-state index contributed by atoms with van der Waals surface area (Å²) in [6.45, 7) is 2.51. The van der Waals surface area contributed by atoms with E-state index in [0.717, 1.165) is 19.4 Å². The van der Waals surface area contributed by atoms with Crippen LogP contribution in [0.15, 0.2) is 54.6 Å². The molecular formula is C19H22N2O. The summed E-state index contributed by atoms with van der Waals surface area (Å²) in [5.41, 5.74) is 9.69. The fourth-order valence-electron chi connectivity index (χ4n) is 3.23. The molecule has 0 radical (unpaired) electrons. The highest BCUT2D eigenvalue weighted by molar-refractivity contribution is 5.82. The third-order valence-corrected chi connectivity index (χ3v) is 4.36. The summed E-state index contributed by atoms with van der Waals surface area (Å²) in [6.07, 6.45) is 1.73. The smallest absolute Gasteiger partial charge is 0.239 e. The second kappa shape index (κ2) is 6.32. The van der Waals surface area contributed by atoms with Gasteiger partial charge in [-0.25, -0.2) is 0 Å². The topological polar surface area (TPSA) is 46.3 Å². The zero-order valence-electron chi connectivity index (χ0n) is 12.9. The van der Waals surface area contributed by atoms with Crippen molar-refractivity contribution >= 4 is 5.91 Å². The average molecular weight is 294 g/mol. The quantitative estimate of drug-likeness (QED) is 0.946. The Balaban J connectivity index is 1.96. The van der Waals surface area contributed by atoms with Gasteiger partial charge < -0.3 is 10.6 Å². The summed E-state index contributed by atoms with van der Waals surface area (Å²) in [5, 5.41) is 0. The maximum Gasteiger partial charge on any atom is 0.239 e. The molecule has 3 rings (SSSR count). The SMILES string of the molecule is C[C@@H](N)C(=O)N1CCc2ccccc2C1Cc1ccccc1. The molecule has 3 heteroatoms. The van der Waals surface area contributed by atoms with Crippen LogP contribution in [0.5, 0.6) is 0 Å². The van der Waals surface area contributed by atoms with E-state index in [1.54, 1.807) is 6.92 Å². The van der Waals surface area contributed by atoms with Gasteiger partial charge in [0.2, 0.25) is 5.91 Å². The molecule has 2 aromatic carbocycles. The Labute approximate surface area is 131 Å². The Hall–Kier alpha value is -2.13. The predicted molar refractivity (Wildman–Crippen MR) is 88.4 cm³/mol. The average Bonchev–Trinajstić information content (AvgIpc) is 2.55. The highest BCUT2D eigenvalue weighted by atomic mass is 16.2. The summed E-state index contributed by atoms with van der Waals surface area (Å²) in [6, 6.07) is 18.4. The molecule has 1 aliphatic heterocycles. The first-order valence-electron chi connectivity index (χ1n) is 7.84. The highest BCUT2D eigenvalue weighted by Gasteiger charge is 2.31. The van der Waals surface area contributed by atoms with E-state index < -0.39 is 6.04 Å². The van der Waals surface area contributed by atoms with Crippen LogP contribution in [0.1, 0.15) is 29.7 Å². The maximum absolute atomic E-state index is 12.5. The van der Waals surface area contributed by atoms with Crippen LogP contribution in [0.2, 0.25) is 0 Å². The van der Waals surface area contributed by atoms with E-state index >= 15 is 0 Å². The normalized spacial score (nSPS) is 18.6. The zero-order valence-corrected chi connectivity index (χ0v) is 12.9. The largest absolute Gasteiger partial charge is 0.334 e. The van der Waals surface area contributed by atoms with Gasteiger partial charge in [0.25, 0.3) is 0 Å². The fraction of sp³-hybridized carbons (Fsp3) is 0.316. The summed E-state index contributed by atoms with van der Waals surface area (Å²) in [7, 11) is 0. The van der Waals surface area contributed by atoms with Crippen LogP contribution in [-0.2, 0) is 17.6 Å². The first kappa shape index (κ1) is 14.8. The number of nitrogens with two attached hydrogens (primary N) is 1. The molecule has 1 aliphatic rings. The predicted octanol–water partition coefficient (Wildman–Crippen LogP) is 2.70. The highest BCUT2D eigenvalue weighted by Crippen LogP contribution is 2.32. The molecule has 0 saturated carbocycles. The minimum Gasteiger partial charge on any atom is -0.334 e. The second-order valence-corrected chi connectivity index (χ2v) is 5.97. The Bertz CT molecular complexity index is 651. The summed E-state index contributed by atoms with van der Waals surface area (Å²) in [4.78, 5) is 14.5. The number of fused-ring (bicyclic) bond motifs is 1. The lowest BCUT2D eigenvalue weighted by molar-refractivity contribution is -0.135. The molecule has 22 heavy (non-hydrogen) atoms. The van der Waals surface area contributed by atoms with Gasteiger partial charge in [-0.15, -0.1) is 0 Å². The van der Waals surface area contributed by atoms with E-state index in [4.69, 9.17) is 5.73 Å². The second-order valence-electron chi connectivity index (χ2n) is 5.97. The number of benzene rings is 2. The lowest BCUT2D eigenvalue weighted by Gasteiger charge is -2.38. The van der Waals surface area contributed by atoms with Crippen LogP contribution in [0.25, 0.3) is 0 Å². The number of carbonyl (C=O) groups is 1. The Kier molecular flexibility index (Phi) is 4.25. The summed E-state index contributed by atoms with van der Waals surface area (Å²) in [5.74, 6) is 0.0374. The Morgan fingerprint density at radius 3 is 2.59 bits per heavy atom. The number of rotatable bonds is 3. The Morgan fingerprint density at radius 2 is 1.86 bits per heavy atom. The number of carbonyl (C=O) groups excluding carboxylic acids is 1. The fourth-order valence-corrected chi connectivity index (χ4v) is 3.23. The molecule has 0 fully saturated rings. The third-order valence-electron chi connectivity index (χ3n) is 4.36. The molecule has 1 unspecified atom stereocenters. The van der Waals surface area contributed by atoms with E-state index in [9.17, 15) is 4.79 Å². The van der Waals surface area contributed by atoms with Crippen LogP contribution < -0.4 is 5.73 Å². The van der Waals surface area contributed by atoms with Crippen molar-refractivity contribution < 1.29 is 4.79 Å². The molecular weight excluding hydrogens is 272 g/mol. The van der Waals surface area contributed by atoms with Crippen molar-refractivity contribution in [2.24, 2.45) is 5.73 Å². The van der Waals surface area contributed by atoms with E-state index in [-0.39, 0.29) is 11.9 Å². The first-order valence-corrected chi connectivity index (χ1v) is 7.84. The van der Waals surface area contributed by atoms with Gasteiger partial charge in [0, 0.05) is 6.54 Å². The van der Waals surface area contributed by atoms with E-state index in [1.807, 2.05) is 23.1 Å². The Morgan fingerprint density at radius 1 is 1.18 bits per heavy atom. The molecule has 2 atom stereocenters. The van der Waals surface area contributed by atoms with Crippen molar-refractivity contribution in [2.45, 2.75) is 31.8 Å². The van der Waals surface area contributed by atoms with Gasteiger partial charge in [-0.1, -0.05) is 54.6 Å². The van der Waals surface area contributed by atoms with Crippen molar-refractivity contribution in [1.29, 1.82) is 0 Å². The van der Waals surface area contributed by atoms with Gasteiger partial charge in [0.1, 0.15) is 0 Å². The molecule has 2 N–H and O–H groups in total. The van der Waals surface area contributed by atoms with Crippen molar-refractivity contribution in [2.75, 3.05) is 6.54 Å². The molecule has 0 aliphatic carbocycles. The van der Waals surface area contributed by atoms with Gasteiger partial charge in [-0.3, -0.25) is 4.79 Å². The maximum atomic E-state index is 12.5. The van der Waals surface area contributed by atoms with E-state index in [1.165, 1.54) is 16.7 Å². The molecule has 3 nitrogen and oxygen atoms in total. The van der Waals surface area contributed by atoms with Crippen LogP contribution in [0.4, 0.5) is 0 Å². The number of hydrogen-bond donors (Lipinski definition) is 1. The van der Waals surface area contributed by atoms with Gasteiger partial charge in [0.15, 0.2) is 0 Å². The summed E-state index contributed by atoms with van der Waals surface area (Å²) >= 11 is 0. The zero-order chi connectivity index (χ0) is 15.5. The van der Waals surface area contributed by atoms with E-state index in [2.05, 4.69) is 36.4 Å². The van der Waals surface area contributed by atoms with E-state index in [0.29, 0.717) is 0 Å². The van der Waals surface area contributed by atoms with Crippen LogP contribution in [0.3, 0.4) is 0 Å². The number of nitrogens with zero attached hydrogens (tertiary/aromatic N) is 1. The van der Waals surface area contributed by atoms with Crippen LogP contribution >= 0.6 is 0 Å². The van der Waals surface area contributed by atoms with Gasteiger partial charge in [-0.05, 0) is 36.5 Å². The molecule has 0 saturated heterocycles. The van der Waals surface area contributed by atoms with Crippen LogP contribution in [0, 0.1) is 0 Å². The third kappa shape index (κ3) is 2.90. The molecule has 1 amide bonds. The number of hydrogen-bond acceptors (Lipinski definition) is 2. The molecule has 0 bridgehead atoms. The van der Waals surface area contributed by atoms with Crippen molar-refractivity contribution in [1.82, 2.24) is 4.90 Å². The minimum absolute atomic E-state index is 0.0374. The van der Waals surface area contributed by atoms with Gasteiger partial charge in [0.05, 0.1) is 12.1 Å². The first-order chi connectivity index (χ1) is 10.7. The van der Waals surface area contributed by atoms with Gasteiger partial charge in [-0.2, -0.15) is 0 Å². The monoisotopic (exact) mass is 294 g/mol. The molecule has 0 aromatic heterocycles.